The number of hydrogen-bond donors (Lipinski definition) is 4. The zero-order chi connectivity index (χ0) is 22.5. The summed E-state index contributed by atoms with van der Waals surface area (Å²) in [6, 6.07) is 28.7. The van der Waals surface area contributed by atoms with Crippen LogP contribution in [-0.2, 0) is 0 Å². The molecule has 6 heteroatoms. The number of rotatable bonds is 5. The van der Waals surface area contributed by atoms with Crippen LogP contribution < -0.4 is 22.1 Å². The van der Waals surface area contributed by atoms with E-state index in [9.17, 15) is 9.59 Å². The second-order valence-corrected chi connectivity index (χ2v) is 7.31. The van der Waals surface area contributed by atoms with Crippen molar-refractivity contribution in [3.63, 3.8) is 0 Å². The lowest BCUT2D eigenvalue weighted by Crippen LogP contribution is -2.12. The van der Waals surface area contributed by atoms with Crippen LogP contribution in [0.25, 0.3) is 11.1 Å². The number of nitrogen functional groups attached to an aromatic ring is 2. The largest absolute Gasteiger partial charge is 0.399 e. The Hall–Kier alpha value is -4.58. The lowest BCUT2D eigenvalue weighted by molar-refractivity contribution is 0.101. The van der Waals surface area contributed by atoms with Gasteiger partial charge in [0.1, 0.15) is 0 Å². The van der Waals surface area contributed by atoms with Gasteiger partial charge < -0.3 is 22.1 Å². The molecule has 0 spiro atoms. The number of hydrogen-bond acceptors (Lipinski definition) is 4. The summed E-state index contributed by atoms with van der Waals surface area (Å²) < 4.78 is 0. The van der Waals surface area contributed by atoms with E-state index < -0.39 is 0 Å². The van der Waals surface area contributed by atoms with Gasteiger partial charge in [0.25, 0.3) is 11.8 Å². The molecule has 6 N–H and O–H groups in total. The summed E-state index contributed by atoms with van der Waals surface area (Å²) in [6.07, 6.45) is 0. The summed E-state index contributed by atoms with van der Waals surface area (Å²) >= 11 is 0. The van der Waals surface area contributed by atoms with Crippen molar-refractivity contribution in [2.75, 3.05) is 22.1 Å². The predicted molar refractivity (Wildman–Crippen MR) is 129 cm³/mol. The lowest BCUT2D eigenvalue weighted by Gasteiger charge is -2.09. The molecule has 0 aromatic heterocycles. The van der Waals surface area contributed by atoms with E-state index in [-0.39, 0.29) is 11.8 Å². The van der Waals surface area contributed by atoms with E-state index in [1.807, 2.05) is 48.5 Å². The van der Waals surface area contributed by atoms with Gasteiger partial charge in [-0.1, -0.05) is 36.4 Å². The van der Waals surface area contributed by atoms with Crippen LogP contribution in [-0.4, -0.2) is 11.8 Å². The van der Waals surface area contributed by atoms with Crippen LogP contribution in [0.15, 0.2) is 97.1 Å². The molecule has 0 aliphatic carbocycles. The van der Waals surface area contributed by atoms with Crippen molar-refractivity contribution in [2.24, 2.45) is 0 Å². The minimum absolute atomic E-state index is 0.217. The number of anilines is 4. The van der Waals surface area contributed by atoms with Crippen molar-refractivity contribution in [1.82, 2.24) is 0 Å². The highest BCUT2D eigenvalue weighted by molar-refractivity contribution is 6.05. The van der Waals surface area contributed by atoms with E-state index in [2.05, 4.69) is 10.6 Å². The molecular weight excluding hydrogens is 400 g/mol. The molecule has 0 aliphatic rings. The maximum atomic E-state index is 12.4. The molecule has 158 valence electrons. The Bertz CT molecular complexity index is 1160. The quantitative estimate of drug-likeness (QED) is 0.338. The van der Waals surface area contributed by atoms with Gasteiger partial charge in [-0.05, 0) is 71.8 Å². The highest BCUT2D eigenvalue weighted by Crippen LogP contribution is 2.24. The van der Waals surface area contributed by atoms with E-state index in [1.54, 1.807) is 48.5 Å². The molecule has 4 rings (SSSR count). The van der Waals surface area contributed by atoms with Gasteiger partial charge in [0.05, 0.1) is 0 Å². The van der Waals surface area contributed by atoms with Crippen molar-refractivity contribution in [3.05, 3.63) is 108 Å². The first kappa shape index (κ1) is 20.7. The third kappa shape index (κ3) is 4.94. The van der Waals surface area contributed by atoms with Gasteiger partial charge in [-0.2, -0.15) is 0 Å². The van der Waals surface area contributed by atoms with Gasteiger partial charge >= 0.3 is 0 Å². The fourth-order valence-corrected chi connectivity index (χ4v) is 3.26. The third-order valence-corrected chi connectivity index (χ3v) is 4.92. The maximum absolute atomic E-state index is 12.4. The fourth-order valence-electron chi connectivity index (χ4n) is 3.26. The number of nitrogens with one attached hydrogen (secondary N) is 2. The van der Waals surface area contributed by atoms with E-state index in [4.69, 9.17) is 11.5 Å². The molecule has 0 unspecified atom stereocenters. The van der Waals surface area contributed by atoms with Gasteiger partial charge in [-0.25, -0.2) is 0 Å². The molecule has 4 aromatic rings. The SMILES string of the molecule is Nc1cccc(C(=O)Nc2ccc(-c3ccc(NC(=O)c4cccc(N)c4)cc3)cc2)c1. The van der Waals surface area contributed by atoms with E-state index in [0.29, 0.717) is 33.9 Å². The van der Waals surface area contributed by atoms with Crippen LogP contribution >= 0.6 is 0 Å². The zero-order valence-electron chi connectivity index (χ0n) is 17.2. The Labute approximate surface area is 185 Å². The molecule has 32 heavy (non-hydrogen) atoms. The number of carbonyl (C=O) groups excluding carboxylic acids is 2. The molecule has 0 fully saturated rings. The molecule has 4 aromatic carbocycles. The Morgan fingerprint density at radius 3 is 1.25 bits per heavy atom. The zero-order valence-corrected chi connectivity index (χ0v) is 17.2. The number of amides is 2. The van der Waals surface area contributed by atoms with Crippen molar-refractivity contribution < 1.29 is 9.59 Å². The summed E-state index contributed by atoms with van der Waals surface area (Å²) in [7, 11) is 0. The molecule has 0 saturated carbocycles. The van der Waals surface area contributed by atoms with Crippen molar-refractivity contribution in [3.8, 4) is 11.1 Å². The standard InChI is InChI=1S/C26H22N4O2/c27-21-5-1-3-19(15-21)25(31)29-23-11-7-17(8-12-23)18-9-13-24(14-10-18)30-26(32)20-4-2-6-22(28)16-20/h1-16H,27-28H2,(H,29,31)(H,30,32). The Kier molecular flexibility index (Phi) is 5.85. The number of nitrogens with two attached hydrogens (primary N) is 2. The normalized spacial score (nSPS) is 10.4. The molecule has 0 saturated heterocycles. The van der Waals surface area contributed by atoms with Crippen LogP contribution in [0.4, 0.5) is 22.7 Å². The molecule has 6 nitrogen and oxygen atoms in total. The topological polar surface area (TPSA) is 110 Å². The van der Waals surface area contributed by atoms with Gasteiger partial charge in [0.15, 0.2) is 0 Å². The van der Waals surface area contributed by atoms with Gasteiger partial charge in [0, 0.05) is 33.9 Å². The van der Waals surface area contributed by atoms with Gasteiger partial charge in [-0.3, -0.25) is 9.59 Å². The molecule has 0 aliphatic heterocycles. The molecule has 0 radical (unpaired) electrons. The van der Waals surface area contributed by atoms with Gasteiger partial charge in [0.2, 0.25) is 0 Å². The second-order valence-electron chi connectivity index (χ2n) is 7.31. The van der Waals surface area contributed by atoms with Crippen LogP contribution in [0.2, 0.25) is 0 Å². The summed E-state index contributed by atoms with van der Waals surface area (Å²) in [5.74, 6) is -0.435. The predicted octanol–water partition coefficient (Wildman–Crippen LogP) is 5.02. The van der Waals surface area contributed by atoms with Crippen molar-refractivity contribution >= 4 is 34.6 Å². The first-order valence-electron chi connectivity index (χ1n) is 10.0. The smallest absolute Gasteiger partial charge is 0.255 e. The van der Waals surface area contributed by atoms with Crippen LogP contribution in [0.3, 0.4) is 0 Å². The Morgan fingerprint density at radius 2 is 0.906 bits per heavy atom. The number of benzene rings is 4. The van der Waals surface area contributed by atoms with Crippen LogP contribution in [0.1, 0.15) is 20.7 Å². The molecule has 2 amide bonds. The minimum atomic E-state index is -0.217. The fraction of sp³-hybridized carbons (Fsp3) is 0. The summed E-state index contributed by atoms with van der Waals surface area (Å²) in [4.78, 5) is 24.7. The average molecular weight is 422 g/mol. The second kappa shape index (κ2) is 9.06. The molecule has 0 heterocycles. The van der Waals surface area contributed by atoms with Crippen molar-refractivity contribution in [1.29, 1.82) is 0 Å². The summed E-state index contributed by atoms with van der Waals surface area (Å²) in [6.45, 7) is 0. The number of carbonyl (C=O) groups is 2. The van der Waals surface area contributed by atoms with E-state index in [1.165, 1.54) is 0 Å². The minimum Gasteiger partial charge on any atom is -0.399 e. The summed E-state index contributed by atoms with van der Waals surface area (Å²) in [5.41, 5.74) is 16.9. The summed E-state index contributed by atoms with van der Waals surface area (Å²) in [5, 5.41) is 5.73. The molecular formula is C26H22N4O2. The first-order valence-corrected chi connectivity index (χ1v) is 10.0. The lowest BCUT2D eigenvalue weighted by atomic mass is 10.0. The van der Waals surface area contributed by atoms with E-state index >= 15 is 0 Å². The third-order valence-electron chi connectivity index (χ3n) is 4.92. The van der Waals surface area contributed by atoms with Crippen LogP contribution in [0, 0.1) is 0 Å². The highest BCUT2D eigenvalue weighted by Gasteiger charge is 2.08. The highest BCUT2D eigenvalue weighted by atomic mass is 16.2. The Balaban J connectivity index is 1.41. The van der Waals surface area contributed by atoms with E-state index in [0.717, 1.165) is 11.1 Å². The van der Waals surface area contributed by atoms with Crippen LogP contribution in [0.5, 0.6) is 0 Å². The van der Waals surface area contributed by atoms with Gasteiger partial charge in [-0.15, -0.1) is 0 Å². The molecule has 0 atom stereocenters. The monoisotopic (exact) mass is 422 g/mol. The first-order chi connectivity index (χ1) is 15.5. The average Bonchev–Trinajstić information content (AvgIpc) is 2.80. The van der Waals surface area contributed by atoms with Crippen molar-refractivity contribution in [2.45, 2.75) is 0 Å². The molecule has 0 bridgehead atoms. The maximum Gasteiger partial charge on any atom is 0.255 e. The Morgan fingerprint density at radius 1 is 0.531 bits per heavy atom.